The first-order valence-electron chi connectivity index (χ1n) is 7.86. The van der Waals surface area contributed by atoms with E-state index in [1.165, 1.54) is 51.4 Å². The largest absolute Gasteiger partial charge is 0.396 e. The van der Waals surface area contributed by atoms with Gasteiger partial charge in [-0.15, -0.1) is 0 Å². The highest BCUT2D eigenvalue weighted by Gasteiger charge is 2.51. The highest BCUT2D eigenvalue weighted by atomic mass is 16.3. The van der Waals surface area contributed by atoms with E-state index in [4.69, 9.17) is 5.73 Å². The Morgan fingerprint density at radius 3 is 2.61 bits per heavy atom. The van der Waals surface area contributed by atoms with E-state index in [2.05, 4.69) is 5.32 Å². The quantitative estimate of drug-likeness (QED) is 0.713. The Kier molecular flexibility index (Phi) is 3.65. The lowest BCUT2D eigenvalue weighted by molar-refractivity contribution is 0.106. The molecule has 3 saturated carbocycles. The minimum atomic E-state index is 0.207. The van der Waals surface area contributed by atoms with E-state index < -0.39 is 0 Å². The van der Waals surface area contributed by atoms with Crippen LogP contribution in [-0.4, -0.2) is 29.8 Å². The van der Waals surface area contributed by atoms with E-state index in [0.717, 1.165) is 18.4 Å². The number of nitrogens with two attached hydrogens (primary N) is 1. The minimum Gasteiger partial charge on any atom is -0.396 e. The van der Waals surface area contributed by atoms with E-state index in [1.807, 2.05) is 0 Å². The van der Waals surface area contributed by atoms with Crippen LogP contribution in [0.1, 0.15) is 51.4 Å². The Balaban J connectivity index is 1.69. The Morgan fingerprint density at radius 2 is 2.00 bits per heavy atom. The molecule has 3 aliphatic carbocycles. The van der Waals surface area contributed by atoms with Crippen LogP contribution in [0.4, 0.5) is 0 Å². The second kappa shape index (κ2) is 5.10. The van der Waals surface area contributed by atoms with Crippen molar-refractivity contribution in [2.24, 2.45) is 23.5 Å². The van der Waals surface area contributed by atoms with Gasteiger partial charge in [-0.1, -0.05) is 19.3 Å². The zero-order valence-corrected chi connectivity index (χ0v) is 11.4. The number of rotatable bonds is 4. The molecule has 0 saturated heterocycles. The SMILES string of the molecule is NCC1(NC2CCCCC2CO)CC2CCC1C2. The summed E-state index contributed by atoms with van der Waals surface area (Å²) in [5, 5.41) is 13.5. The smallest absolute Gasteiger partial charge is 0.0474 e. The molecule has 0 aromatic rings. The van der Waals surface area contributed by atoms with E-state index >= 15 is 0 Å². The molecule has 0 spiro atoms. The maximum absolute atomic E-state index is 9.55. The molecule has 0 aromatic carbocycles. The molecule has 0 radical (unpaired) electrons. The Labute approximate surface area is 111 Å². The van der Waals surface area contributed by atoms with Crippen molar-refractivity contribution in [3.05, 3.63) is 0 Å². The van der Waals surface area contributed by atoms with Crippen molar-refractivity contribution in [1.29, 1.82) is 0 Å². The van der Waals surface area contributed by atoms with Crippen LogP contribution in [-0.2, 0) is 0 Å². The molecule has 3 aliphatic rings. The van der Waals surface area contributed by atoms with Gasteiger partial charge in [0.05, 0.1) is 0 Å². The van der Waals surface area contributed by atoms with Gasteiger partial charge in [0.2, 0.25) is 0 Å². The minimum absolute atomic E-state index is 0.207. The third kappa shape index (κ3) is 2.10. The second-order valence-electron chi connectivity index (χ2n) is 6.92. The predicted molar refractivity (Wildman–Crippen MR) is 73.2 cm³/mol. The monoisotopic (exact) mass is 252 g/mol. The topological polar surface area (TPSA) is 58.3 Å². The van der Waals surface area contributed by atoms with Crippen molar-refractivity contribution in [3.8, 4) is 0 Å². The molecule has 5 atom stereocenters. The maximum atomic E-state index is 9.55. The van der Waals surface area contributed by atoms with Gasteiger partial charge in [0.15, 0.2) is 0 Å². The number of nitrogens with one attached hydrogen (secondary N) is 1. The van der Waals surface area contributed by atoms with Crippen LogP contribution >= 0.6 is 0 Å². The molecule has 0 aliphatic heterocycles. The number of hydrogen-bond acceptors (Lipinski definition) is 3. The third-order valence-corrected chi connectivity index (χ3v) is 5.96. The molecule has 18 heavy (non-hydrogen) atoms. The van der Waals surface area contributed by atoms with E-state index in [1.54, 1.807) is 0 Å². The van der Waals surface area contributed by atoms with Crippen molar-refractivity contribution in [2.75, 3.05) is 13.2 Å². The Morgan fingerprint density at radius 1 is 1.17 bits per heavy atom. The van der Waals surface area contributed by atoms with Gasteiger partial charge >= 0.3 is 0 Å². The summed E-state index contributed by atoms with van der Waals surface area (Å²) in [6.45, 7) is 1.12. The molecule has 0 heterocycles. The van der Waals surface area contributed by atoms with Crippen molar-refractivity contribution in [3.63, 3.8) is 0 Å². The fourth-order valence-corrected chi connectivity index (χ4v) is 4.92. The highest BCUT2D eigenvalue weighted by Crippen LogP contribution is 2.51. The number of aliphatic hydroxyl groups is 1. The van der Waals surface area contributed by atoms with Crippen molar-refractivity contribution >= 4 is 0 Å². The van der Waals surface area contributed by atoms with Gasteiger partial charge < -0.3 is 16.2 Å². The Hall–Kier alpha value is -0.120. The molecular weight excluding hydrogens is 224 g/mol. The van der Waals surface area contributed by atoms with Gasteiger partial charge in [-0.25, -0.2) is 0 Å². The predicted octanol–water partition coefficient (Wildman–Crippen LogP) is 1.64. The normalized spacial score (nSPS) is 47.7. The molecule has 0 aromatic heterocycles. The lowest BCUT2D eigenvalue weighted by atomic mass is 9.77. The van der Waals surface area contributed by atoms with Gasteiger partial charge in [0.1, 0.15) is 0 Å². The lowest BCUT2D eigenvalue weighted by Crippen LogP contribution is -2.60. The first kappa shape index (κ1) is 12.9. The molecule has 2 bridgehead atoms. The standard InChI is InChI=1S/C15H28N2O/c16-10-15(8-11-5-6-13(15)7-11)17-14-4-2-1-3-12(14)9-18/h11-14,17-18H,1-10,16H2. The van der Waals surface area contributed by atoms with Crippen molar-refractivity contribution < 1.29 is 5.11 Å². The summed E-state index contributed by atoms with van der Waals surface area (Å²) in [5.74, 6) is 2.18. The van der Waals surface area contributed by atoms with Gasteiger partial charge in [-0.2, -0.15) is 0 Å². The first-order chi connectivity index (χ1) is 8.77. The number of aliphatic hydroxyl groups excluding tert-OH is 1. The molecule has 3 fully saturated rings. The van der Waals surface area contributed by atoms with Gasteiger partial charge in [-0.05, 0) is 49.9 Å². The molecular formula is C15H28N2O. The van der Waals surface area contributed by atoms with Crippen LogP contribution in [0.2, 0.25) is 0 Å². The molecule has 3 rings (SSSR count). The maximum Gasteiger partial charge on any atom is 0.0474 e. The summed E-state index contributed by atoms with van der Waals surface area (Å²) in [5.41, 5.74) is 6.34. The molecule has 104 valence electrons. The summed E-state index contributed by atoms with van der Waals surface area (Å²) in [4.78, 5) is 0. The fourth-order valence-electron chi connectivity index (χ4n) is 4.92. The van der Waals surface area contributed by atoms with E-state index in [9.17, 15) is 5.11 Å². The zero-order chi connectivity index (χ0) is 12.6. The molecule has 3 heteroatoms. The average molecular weight is 252 g/mol. The van der Waals surface area contributed by atoms with Gasteiger partial charge in [-0.3, -0.25) is 0 Å². The van der Waals surface area contributed by atoms with Gasteiger partial charge in [0, 0.05) is 24.7 Å². The van der Waals surface area contributed by atoms with Crippen LogP contribution in [0.5, 0.6) is 0 Å². The van der Waals surface area contributed by atoms with Crippen molar-refractivity contribution in [1.82, 2.24) is 5.32 Å². The van der Waals surface area contributed by atoms with Crippen LogP contribution in [0.15, 0.2) is 0 Å². The fraction of sp³-hybridized carbons (Fsp3) is 1.00. The molecule has 5 unspecified atom stereocenters. The second-order valence-corrected chi connectivity index (χ2v) is 6.92. The summed E-state index contributed by atoms with van der Waals surface area (Å²) in [7, 11) is 0. The van der Waals surface area contributed by atoms with Crippen LogP contribution in [0, 0.1) is 17.8 Å². The molecule has 4 N–H and O–H groups in total. The van der Waals surface area contributed by atoms with Crippen LogP contribution in [0.25, 0.3) is 0 Å². The van der Waals surface area contributed by atoms with Crippen LogP contribution < -0.4 is 11.1 Å². The summed E-state index contributed by atoms with van der Waals surface area (Å²) >= 11 is 0. The van der Waals surface area contributed by atoms with Crippen molar-refractivity contribution in [2.45, 2.75) is 62.9 Å². The summed E-state index contributed by atoms with van der Waals surface area (Å²) < 4.78 is 0. The summed E-state index contributed by atoms with van der Waals surface area (Å²) in [6.07, 6.45) is 10.5. The molecule has 0 amide bonds. The van der Waals surface area contributed by atoms with Crippen LogP contribution in [0.3, 0.4) is 0 Å². The third-order valence-electron chi connectivity index (χ3n) is 5.96. The zero-order valence-electron chi connectivity index (χ0n) is 11.4. The Bertz CT molecular complexity index is 296. The highest BCUT2D eigenvalue weighted by molar-refractivity contribution is 5.08. The lowest BCUT2D eigenvalue weighted by Gasteiger charge is -2.44. The van der Waals surface area contributed by atoms with E-state index in [0.29, 0.717) is 18.6 Å². The van der Waals surface area contributed by atoms with E-state index in [-0.39, 0.29) is 5.54 Å². The molecule has 3 nitrogen and oxygen atoms in total. The number of fused-ring (bicyclic) bond motifs is 2. The van der Waals surface area contributed by atoms with Gasteiger partial charge in [0.25, 0.3) is 0 Å². The average Bonchev–Trinajstić information content (AvgIpc) is 3.00. The number of hydrogen-bond donors (Lipinski definition) is 3. The first-order valence-corrected chi connectivity index (χ1v) is 7.86. The summed E-state index contributed by atoms with van der Waals surface area (Å²) in [6, 6.07) is 0.506.